The molecule has 0 aromatic heterocycles. The van der Waals surface area contributed by atoms with Crippen molar-refractivity contribution in [3.05, 3.63) is 34.7 Å². The van der Waals surface area contributed by atoms with Gasteiger partial charge >= 0.3 is 0 Å². The Bertz CT molecular complexity index is 544. The van der Waals surface area contributed by atoms with Crippen LogP contribution in [0.4, 0.5) is 0 Å². The number of fused-ring (bicyclic) bond motifs is 1. The van der Waals surface area contributed by atoms with Gasteiger partial charge in [0.25, 0.3) is 0 Å². The Morgan fingerprint density at radius 1 is 1.31 bits per heavy atom. The van der Waals surface area contributed by atoms with Gasteiger partial charge in [0.05, 0.1) is 4.90 Å². The molecular formula is C12H15NO2S. The molecule has 3 nitrogen and oxygen atoms in total. The summed E-state index contributed by atoms with van der Waals surface area (Å²) >= 11 is 0. The molecule has 4 heteroatoms. The molecule has 0 unspecified atom stereocenters. The fourth-order valence-electron chi connectivity index (χ4n) is 1.91. The van der Waals surface area contributed by atoms with Gasteiger partial charge in [-0.3, -0.25) is 0 Å². The van der Waals surface area contributed by atoms with Gasteiger partial charge in [-0.05, 0) is 49.7 Å². The lowest BCUT2D eigenvalue weighted by Crippen LogP contribution is -2.10. The van der Waals surface area contributed by atoms with Crippen LogP contribution in [0.3, 0.4) is 0 Å². The zero-order chi connectivity index (χ0) is 11.8. The van der Waals surface area contributed by atoms with Crippen molar-refractivity contribution in [1.29, 1.82) is 0 Å². The van der Waals surface area contributed by atoms with Crippen LogP contribution in [0.2, 0.25) is 0 Å². The molecule has 0 fully saturated rings. The van der Waals surface area contributed by atoms with E-state index in [2.05, 4.69) is 5.32 Å². The summed E-state index contributed by atoms with van der Waals surface area (Å²) in [5.41, 5.74) is 2.73. The summed E-state index contributed by atoms with van der Waals surface area (Å²) in [6.07, 6.45) is 0.846. The highest BCUT2D eigenvalue weighted by Gasteiger charge is 2.24. The third kappa shape index (κ3) is 1.90. The summed E-state index contributed by atoms with van der Waals surface area (Å²) in [4.78, 5) is 0.457. The smallest absolute Gasteiger partial charge is 0.200 e. The molecule has 1 aliphatic heterocycles. The van der Waals surface area contributed by atoms with E-state index in [-0.39, 0.29) is 0 Å². The first-order valence-electron chi connectivity index (χ1n) is 5.26. The molecule has 0 aliphatic carbocycles. The predicted molar refractivity (Wildman–Crippen MR) is 64.9 cm³/mol. The van der Waals surface area contributed by atoms with Crippen LogP contribution in [-0.4, -0.2) is 22.0 Å². The van der Waals surface area contributed by atoms with Crippen molar-refractivity contribution in [2.45, 2.75) is 18.2 Å². The molecular weight excluding hydrogens is 222 g/mol. The lowest BCUT2D eigenvalue weighted by Gasteiger charge is -2.05. The number of rotatable bonds is 3. The SMILES string of the molecule is CNCCc1ccc2c(c1)S(=O)(=O)C=C2C. The minimum atomic E-state index is -3.18. The van der Waals surface area contributed by atoms with Gasteiger partial charge in [0.2, 0.25) is 9.84 Å². The third-order valence-electron chi connectivity index (χ3n) is 2.77. The average molecular weight is 237 g/mol. The first-order valence-corrected chi connectivity index (χ1v) is 6.80. The standard InChI is InChI=1S/C12H15NO2S/c1-9-8-16(14,15)12-7-10(5-6-13-2)3-4-11(9)12/h3-4,7-8,13H,5-6H2,1-2H3. The van der Waals surface area contributed by atoms with Crippen molar-refractivity contribution in [3.8, 4) is 0 Å². The Balaban J connectivity index is 2.42. The Morgan fingerprint density at radius 2 is 2.06 bits per heavy atom. The molecule has 1 N–H and O–H groups in total. The van der Waals surface area contributed by atoms with Crippen molar-refractivity contribution in [2.75, 3.05) is 13.6 Å². The number of hydrogen-bond acceptors (Lipinski definition) is 3. The topological polar surface area (TPSA) is 46.2 Å². The minimum Gasteiger partial charge on any atom is -0.319 e. The van der Waals surface area contributed by atoms with E-state index in [1.807, 2.05) is 26.1 Å². The Labute approximate surface area is 96.1 Å². The molecule has 0 radical (unpaired) electrons. The normalized spacial score (nSPS) is 17.0. The molecule has 0 saturated carbocycles. The second-order valence-electron chi connectivity index (χ2n) is 4.03. The summed E-state index contributed by atoms with van der Waals surface area (Å²) < 4.78 is 23.6. The molecule has 0 atom stereocenters. The highest BCUT2D eigenvalue weighted by Crippen LogP contribution is 2.33. The van der Waals surface area contributed by atoms with E-state index in [4.69, 9.17) is 0 Å². The molecule has 0 spiro atoms. The zero-order valence-corrected chi connectivity index (χ0v) is 10.3. The second kappa shape index (κ2) is 4.03. The van der Waals surface area contributed by atoms with Crippen LogP contribution in [0.15, 0.2) is 28.5 Å². The second-order valence-corrected chi connectivity index (χ2v) is 5.80. The predicted octanol–water partition coefficient (Wildman–Crippen LogP) is 1.60. The Kier molecular flexibility index (Phi) is 2.86. The monoisotopic (exact) mass is 237 g/mol. The average Bonchev–Trinajstić information content (AvgIpc) is 2.47. The Morgan fingerprint density at radius 3 is 2.75 bits per heavy atom. The van der Waals surface area contributed by atoms with Gasteiger partial charge in [0, 0.05) is 5.41 Å². The number of hydrogen-bond donors (Lipinski definition) is 1. The maximum Gasteiger partial charge on any atom is 0.200 e. The van der Waals surface area contributed by atoms with E-state index in [0.29, 0.717) is 4.90 Å². The minimum absolute atomic E-state index is 0.457. The van der Waals surface area contributed by atoms with Crippen molar-refractivity contribution < 1.29 is 8.42 Å². The van der Waals surface area contributed by atoms with Crippen molar-refractivity contribution in [1.82, 2.24) is 5.32 Å². The van der Waals surface area contributed by atoms with Gasteiger partial charge in [0.1, 0.15) is 0 Å². The van der Waals surface area contributed by atoms with E-state index in [1.54, 1.807) is 6.07 Å². The molecule has 0 bridgehead atoms. The van der Waals surface area contributed by atoms with E-state index < -0.39 is 9.84 Å². The number of allylic oxidation sites excluding steroid dienone is 1. The third-order valence-corrected chi connectivity index (χ3v) is 4.39. The maximum atomic E-state index is 11.8. The number of sulfone groups is 1. The summed E-state index contributed by atoms with van der Waals surface area (Å²) in [6.45, 7) is 2.68. The molecule has 1 heterocycles. The Hall–Kier alpha value is -1.13. The van der Waals surface area contributed by atoms with Gasteiger partial charge in [-0.15, -0.1) is 0 Å². The quantitative estimate of drug-likeness (QED) is 0.868. The van der Waals surface area contributed by atoms with E-state index in [0.717, 1.165) is 29.7 Å². The first-order chi connectivity index (χ1) is 7.54. The molecule has 2 rings (SSSR count). The van der Waals surface area contributed by atoms with Crippen molar-refractivity contribution >= 4 is 15.4 Å². The summed E-state index contributed by atoms with van der Waals surface area (Å²) in [5.74, 6) is 0. The van der Waals surface area contributed by atoms with Gasteiger partial charge in [0.15, 0.2) is 0 Å². The fourth-order valence-corrected chi connectivity index (χ4v) is 3.48. The highest BCUT2D eigenvalue weighted by atomic mass is 32.2. The van der Waals surface area contributed by atoms with Gasteiger partial charge in [-0.1, -0.05) is 12.1 Å². The lowest BCUT2D eigenvalue weighted by molar-refractivity contribution is 0.605. The van der Waals surface area contributed by atoms with Gasteiger partial charge < -0.3 is 5.32 Å². The maximum absolute atomic E-state index is 11.8. The lowest BCUT2D eigenvalue weighted by atomic mass is 10.1. The molecule has 16 heavy (non-hydrogen) atoms. The molecule has 0 amide bonds. The van der Waals surface area contributed by atoms with Crippen LogP contribution in [-0.2, 0) is 16.3 Å². The highest BCUT2D eigenvalue weighted by molar-refractivity contribution is 7.95. The number of nitrogens with one attached hydrogen (secondary N) is 1. The van der Waals surface area contributed by atoms with Crippen LogP contribution in [0.25, 0.3) is 5.57 Å². The van der Waals surface area contributed by atoms with Crippen molar-refractivity contribution in [2.24, 2.45) is 0 Å². The van der Waals surface area contributed by atoms with Gasteiger partial charge in [-0.2, -0.15) is 0 Å². The van der Waals surface area contributed by atoms with Crippen LogP contribution >= 0.6 is 0 Å². The summed E-state index contributed by atoms with van der Waals surface area (Å²) in [6, 6.07) is 5.68. The molecule has 1 aromatic carbocycles. The molecule has 1 aromatic rings. The van der Waals surface area contributed by atoms with E-state index >= 15 is 0 Å². The fraction of sp³-hybridized carbons (Fsp3) is 0.333. The largest absolute Gasteiger partial charge is 0.319 e. The summed E-state index contributed by atoms with van der Waals surface area (Å²) in [5, 5.41) is 4.40. The van der Waals surface area contributed by atoms with Crippen LogP contribution in [0.5, 0.6) is 0 Å². The molecule has 0 saturated heterocycles. The summed E-state index contributed by atoms with van der Waals surface area (Å²) in [7, 11) is -1.30. The van der Waals surface area contributed by atoms with Crippen LogP contribution in [0, 0.1) is 0 Å². The first kappa shape index (κ1) is 11.4. The van der Waals surface area contributed by atoms with Crippen LogP contribution in [0.1, 0.15) is 18.1 Å². The van der Waals surface area contributed by atoms with Gasteiger partial charge in [-0.25, -0.2) is 8.42 Å². The van der Waals surface area contributed by atoms with E-state index in [9.17, 15) is 8.42 Å². The zero-order valence-electron chi connectivity index (χ0n) is 9.45. The van der Waals surface area contributed by atoms with E-state index in [1.165, 1.54) is 5.41 Å². The number of benzene rings is 1. The number of likely N-dealkylation sites (N-methyl/N-ethyl adjacent to an activating group) is 1. The molecule has 1 aliphatic rings. The van der Waals surface area contributed by atoms with Crippen molar-refractivity contribution in [3.63, 3.8) is 0 Å². The molecule has 86 valence electrons. The van der Waals surface area contributed by atoms with Crippen LogP contribution < -0.4 is 5.32 Å².